The van der Waals surface area contributed by atoms with E-state index >= 15 is 0 Å². The van der Waals surface area contributed by atoms with Crippen molar-refractivity contribution in [3.8, 4) is 0 Å². The third-order valence-electron chi connectivity index (χ3n) is 26.0. The molecule has 4 aliphatic heterocycles. The smallest absolute Gasteiger partial charge is 0.220 e. The number of carbonyl (C=O) groups is 22. The zero-order valence-corrected chi connectivity index (χ0v) is 89.5. The van der Waals surface area contributed by atoms with Crippen molar-refractivity contribution in [1.82, 2.24) is 99.7 Å². The van der Waals surface area contributed by atoms with Gasteiger partial charge in [0, 0.05) is 248 Å². The van der Waals surface area contributed by atoms with Crippen molar-refractivity contribution in [3.05, 3.63) is 0 Å². The van der Waals surface area contributed by atoms with E-state index < -0.39 is 59.8 Å². The van der Waals surface area contributed by atoms with Gasteiger partial charge in [-0.3, -0.25) is 184 Å². The molecular formula is C101H174N20O22. The van der Waals surface area contributed by atoms with E-state index in [1.165, 1.54) is 125 Å². The fourth-order valence-electron chi connectivity index (χ4n) is 18.7. The first-order valence-electron chi connectivity index (χ1n) is 51.1. The molecule has 4 heterocycles. The molecule has 4 N–H and O–H groups in total. The van der Waals surface area contributed by atoms with Gasteiger partial charge in [0.25, 0.3) is 0 Å². The van der Waals surface area contributed by atoms with Crippen molar-refractivity contribution >= 4 is 128 Å². The number of rotatable bonds is 53. The standard InChI is InChI=1S/C51H88N10O11.C50H86N10O11/c1-38(62)32-54-16-20-56(34-40(3)64)24-28-60(29-25-57(21-17-54)35-41(4)65)48(45(8)69)10-12-50(71)52-15-14-47(44(7)68)53-51(72)13-11-49(46(9)70)61-30-26-58(36-42(5)66)22-18-55(33-39(2)63)19-23-59(27-31-61)37-43(6)67;1-37(61)31-53-14-18-55(33-39(3)63)22-26-59(27-23-56(19-15-53)34-40(4)64)47(44(8)68)10-12-49(70)51-30-46(43(7)67)52-50(71)13-11-48(45(9)69)60-28-24-57(35-41(5)65)20-16-54(32-38(2)62)17-21-58(25-29-60)36-42(6)66/h47-49H,10-37H2,1-9H3,(H,52,71)(H,53,72);46-48H,10-36H2,1-9H3,(H,51,70)(H,52,71)/t47-,48?,49?;46-,47?,48?/m00/s1. The highest BCUT2D eigenvalue weighted by molar-refractivity contribution is 5.91. The summed E-state index contributed by atoms with van der Waals surface area (Å²) < 4.78 is 0. The van der Waals surface area contributed by atoms with Gasteiger partial charge in [0.2, 0.25) is 23.6 Å². The van der Waals surface area contributed by atoms with Crippen molar-refractivity contribution in [2.45, 2.75) is 219 Å². The Hall–Kier alpha value is -8.70. The molecule has 0 spiro atoms. The zero-order chi connectivity index (χ0) is 107. The number of Topliss-reactive ketones (excluding diaryl/α,β-unsaturated/α-hetero) is 18. The van der Waals surface area contributed by atoms with Crippen LogP contribution in [0.1, 0.15) is 182 Å². The second kappa shape index (κ2) is 70.2. The number of nitrogens with one attached hydrogen (secondary N) is 4. The van der Waals surface area contributed by atoms with E-state index in [1.54, 1.807) is 0 Å². The van der Waals surface area contributed by atoms with E-state index in [2.05, 4.69) is 21.3 Å². The highest BCUT2D eigenvalue weighted by Gasteiger charge is 2.35. The average Bonchev–Trinajstić information content (AvgIpc) is 0.877. The summed E-state index contributed by atoms with van der Waals surface area (Å²) in [6, 6.07) is -4.60. The molecule has 4 aliphatic rings. The Morgan fingerprint density at radius 3 is 0.476 bits per heavy atom. The minimum absolute atomic E-state index is 0.00639. The first kappa shape index (κ1) is 128. The minimum atomic E-state index is -1.06. The third-order valence-corrected chi connectivity index (χ3v) is 26.0. The third kappa shape index (κ3) is 58.4. The second-order valence-electron chi connectivity index (χ2n) is 39.9. The van der Waals surface area contributed by atoms with Crippen LogP contribution in [0.3, 0.4) is 0 Å². The van der Waals surface area contributed by atoms with Crippen LogP contribution in [-0.4, -0.2) is 543 Å². The van der Waals surface area contributed by atoms with E-state index in [-0.39, 0.29) is 254 Å². The summed E-state index contributed by atoms with van der Waals surface area (Å²) >= 11 is 0. The van der Waals surface area contributed by atoms with Gasteiger partial charge in [-0.05, 0) is 157 Å². The van der Waals surface area contributed by atoms with E-state index in [0.29, 0.717) is 209 Å². The second-order valence-corrected chi connectivity index (χ2v) is 39.9. The van der Waals surface area contributed by atoms with Crippen LogP contribution in [0.4, 0.5) is 0 Å². The van der Waals surface area contributed by atoms with Gasteiger partial charge in [-0.25, -0.2) is 0 Å². The van der Waals surface area contributed by atoms with Crippen molar-refractivity contribution in [1.29, 1.82) is 0 Å². The van der Waals surface area contributed by atoms with Crippen LogP contribution in [0.15, 0.2) is 0 Å². The lowest BCUT2D eigenvalue weighted by Crippen LogP contribution is -2.52. The maximum atomic E-state index is 13.5. The monoisotopic (exact) mass is 2020 g/mol. The molecule has 42 heteroatoms. The Kier molecular flexibility index (Phi) is 63.1. The van der Waals surface area contributed by atoms with Gasteiger partial charge in [0.1, 0.15) is 98.6 Å². The number of nitrogens with zero attached hydrogens (tertiary/aromatic N) is 16. The number of ketones is 18. The molecule has 810 valence electrons. The first-order chi connectivity index (χ1) is 67.3. The molecule has 4 fully saturated rings. The number of amides is 4. The van der Waals surface area contributed by atoms with Gasteiger partial charge in [-0.2, -0.15) is 0 Å². The summed E-state index contributed by atoms with van der Waals surface area (Å²) in [4.78, 5) is 311. The molecule has 0 aromatic carbocycles. The fourth-order valence-corrected chi connectivity index (χ4v) is 18.7. The van der Waals surface area contributed by atoms with Crippen LogP contribution in [0.25, 0.3) is 0 Å². The lowest BCUT2D eigenvalue weighted by molar-refractivity contribution is -0.129. The Balaban J connectivity index is 0.000000735. The van der Waals surface area contributed by atoms with E-state index in [9.17, 15) is 105 Å². The van der Waals surface area contributed by atoms with Crippen LogP contribution < -0.4 is 21.3 Å². The number of hydrogen-bond donors (Lipinski definition) is 4. The molecule has 42 nitrogen and oxygen atoms in total. The maximum absolute atomic E-state index is 13.5. The summed E-state index contributed by atoms with van der Waals surface area (Å²) in [5.41, 5.74) is 0. The SMILES string of the molecule is CC(=O)CN1CCN(CC(C)=O)CCN(C(CCC(=O)NCC[C@H](NC(=O)CCC(C(C)=O)N2CCN(CC(C)=O)CCN(CC(C)=O)CCN(CC(C)=O)CC2)C(C)=O)C(C)=O)CCN(CC(C)=O)CC1.CC(=O)CN1CCN(CC(C)=O)CCN(C(CCC(=O)NC[C@H](NC(=O)CCC(C(C)=O)N2CCN(CC(C)=O)CCN(CC(C)=O)CCN(CC(C)=O)CC2)C(C)=O)C(C)=O)CCN(CC(C)=O)CC1. The van der Waals surface area contributed by atoms with Gasteiger partial charge in [-0.1, -0.05) is 0 Å². The Labute approximate surface area is 848 Å². The fraction of sp³-hybridized carbons (Fsp3) is 0.782. The zero-order valence-electron chi connectivity index (χ0n) is 89.5. The molecular weight excluding hydrogens is 1850 g/mol. The normalized spacial score (nSPS) is 19.3. The average molecular weight is 2020 g/mol. The molecule has 0 aliphatic carbocycles. The highest BCUT2D eigenvalue weighted by Crippen LogP contribution is 2.19. The molecule has 0 aromatic rings. The highest BCUT2D eigenvalue weighted by atomic mass is 16.2. The molecule has 143 heavy (non-hydrogen) atoms. The molecule has 4 amide bonds. The van der Waals surface area contributed by atoms with Crippen molar-refractivity contribution < 1.29 is 105 Å². The van der Waals surface area contributed by atoms with E-state index in [4.69, 9.17) is 0 Å². The lowest BCUT2D eigenvalue weighted by atomic mass is 10.0. The molecule has 4 saturated heterocycles. The van der Waals surface area contributed by atoms with Crippen LogP contribution >= 0.6 is 0 Å². The molecule has 0 bridgehead atoms. The van der Waals surface area contributed by atoms with Crippen LogP contribution in [0.2, 0.25) is 0 Å². The van der Waals surface area contributed by atoms with Crippen LogP contribution in [0.5, 0.6) is 0 Å². The predicted molar refractivity (Wildman–Crippen MR) is 542 cm³/mol. The van der Waals surface area contributed by atoms with Gasteiger partial charge in [0.05, 0.1) is 109 Å². The Bertz CT molecular complexity index is 4070. The van der Waals surface area contributed by atoms with Crippen LogP contribution in [0, 0.1) is 0 Å². The van der Waals surface area contributed by atoms with Crippen molar-refractivity contribution in [2.75, 3.05) is 301 Å². The molecule has 0 aromatic heterocycles. The first-order valence-corrected chi connectivity index (χ1v) is 51.1. The Morgan fingerprint density at radius 2 is 0.322 bits per heavy atom. The van der Waals surface area contributed by atoms with Crippen LogP contribution in [-0.2, 0) is 105 Å². The largest absolute Gasteiger partial charge is 0.356 e. The quantitative estimate of drug-likeness (QED) is 0.0495. The lowest BCUT2D eigenvalue weighted by Gasteiger charge is -2.36. The van der Waals surface area contributed by atoms with Gasteiger partial charge in [-0.15, -0.1) is 0 Å². The van der Waals surface area contributed by atoms with Crippen molar-refractivity contribution in [3.63, 3.8) is 0 Å². The minimum Gasteiger partial charge on any atom is -0.356 e. The summed E-state index contributed by atoms with van der Waals surface area (Å²) in [6.07, 6.45) is 0.540. The molecule has 4 unspecified atom stereocenters. The topological polar surface area (TPSA) is 475 Å². The summed E-state index contributed by atoms with van der Waals surface area (Å²) in [6.45, 7) is 44.6. The number of carbonyl (C=O) groups excluding carboxylic acids is 22. The van der Waals surface area contributed by atoms with E-state index in [1.807, 2.05) is 78.4 Å². The maximum Gasteiger partial charge on any atom is 0.220 e. The van der Waals surface area contributed by atoms with Gasteiger partial charge < -0.3 is 21.3 Å². The van der Waals surface area contributed by atoms with Gasteiger partial charge in [0.15, 0.2) is 11.6 Å². The van der Waals surface area contributed by atoms with Crippen molar-refractivity contribution in [2.24, 2.45) is 0 Å². The Morgan fingerprint density at radius 1 is 0.175 bits per heavy atom. The molecule has 6 atom stereocenters. The van der Waals surface area contributed by atoms with Gasteiger partial charge >= 0.3 is 0 Å². The molecule has 4 rings (SSSR count). The molecule has 0 saturated carbocycles. The predicted octanol–water partition coefficient (Wildman–Crippen LogP) is -2.35. The number of hydrogen-bond acceptors (Lipinski definition) is 38. The summed E-state index contributed by atoms with van der Waals surface area (Å²) in [5, 5.41) is 11.1. The van der Waals surface area contributed by atoms with E-state index in [0.717, 1.165) is 0 Å². The summed E-state index contributed by atoms with van der Waals surface area (Å²) in [5.74, 6) is -3.03. The molecule has 0 radical (unpaired) electrons. The summed E-state index contributed by atoms with van der Waals surface area (Å²) in [7, 11) is 0.